The van der Waals surface area contributed by atoms with Crippen LogP contribution >= 0.6 is 0 Å². The maximum Gasteiger partial charge on any atom is 0.319 e. The largest absolute Gasteiger partial charge is 0.327 e. The number of nitrogens with zero attached hydrogens (tertiary/aromatic N) is 1. The lowest BCUT2D eigenvalue weighted by molar-refractivity contribution is -0.113. The second-order valence-electron chi connectivity index (χ2n) is 7.20. The van der Waals surface area contributed by atoms with Crippen molar-refractivity contribution in [2.24, 2.45) is 0 Å². The van der Waals surface area contributed by atoms with E-state index in [1.54, 1.807) is 55.6 Å². The first-order valence-electron chi connectivity index (χ1n) is 9.30. The SMILES string of the molecule is CC1=C(C(=O)Nc2ccc3[nH]ncc3c2)C(c2cccc(NS(C)(=O)=O)c2)NC(=O)N1. The number of urea groups is 1. The molecule has 5 N–H and O–H groups in total. The topological polar surface area (TPSA) is 145 Å². The zero-order valence-electron chi connectivity index (χ0n) is 16.7. The number of rotatable bonds is 5. The van der Waals surface area contributed by atoms with Crippen LogP contribution in [0, 0.1) is 0 Å². The monoisotopic (exact) mass is 440 g/mol. The predicted molar refractivity (Wildman–Crippen MR) is 117 cm³/mol. The van der Waals surface area contributed by atoms with Crippen molar-refractivity contribution in [1.82, 2.24) is 20.8 Å². The van der Waals surface area contributed by atoms with Gasteiger partial charge in [-0.05, 0) is 42.8 Å². The molecule has 0 saturated heterocycles. The molecule has 0 fully saturated rings. The summed E-state index contributed by atoms with van der Waals surface area (Å²) in [6.07, 6.45) is 2.70. The van der Waals surface area contributed by atoms with Crippen LogP contribution in [0.5, 0.6) is 0 Å². The fraction of sp³-hybridized carbons (Fsp3) is 0.150. The molecule has 1 unspecified atom stereocenters. The van der Waals surface area contributed by atoms with Gasteiger partial charge in [-0.2, -0.15) is 5.10 Å². The summed E-state index contributed by atoms with van der Waals surface area (Å²) >= 11 is 0. The van der Waals surface area contributed by atoms with Gasteiger partial charge in [0.1, 0.15) is 0 Å². The lowest BCUT2D eigenvalue weighted by Crippen LogP contribution is -2.46. The molecule has 1 aliphatic heterocycles. The average Bonchev–Trinajstić information content (AvgIpc) is 3.14. The van der Waals surface area contributed by atoms with Crippen molar-refractivity contribution in [1.29, 1.82) is 0 Å². The van der Waals surface area contributed by atoms with Crippen LogP contribution < -0.4 is 20.7 Å². The number of aromatic amines is 1. The van der Waals surface area contributed by atoms with Crippen LogP contribution in [-0.2, 0) is 14.8 Å². The predicted octanol–water partition coefficient (Wildman–Crippen LogP) is 2.20. The molecular weight excluding hydrogens is 420 g/mol. The third-order valence-corrected chi connectivity index (χ3v) is 5.34. The maximum absolute atomic E-state index is 13.2. The van der Waals surface area contributed by atoms with E-state index in [1.807, 2.05) is 0 Å². The zero-order chi connectivity index (χ0) is 22.2. The van der Waals surface area contributed by atoms with Crippen molar-refractivity contribution < 1.29 is 18.0 Å². The molecule has 0 aliphatic carbocycles. The molecule has 3 aromatic rings. The van der Waals surface area contributed by atoms with Crippen molar-refractivity contribution >= 4 is 44.2 Å². The van der Waals surface area contributed by atoms with E-state index >= 15 is 0 Å². The number of anilines is 2. The summed E-state index contributed by atoms with van der Waals surface area (Å²) in [4.78, 5) is 25.3. The molecule has 160 valence electrons. The van der Waals surface area contributed by atoms with E-state index in [0.29, 0.717) is 28.2 Å². The van der Waals surface area contributed by atoms with Crippen molar-refractivity contribution in [3.8, 4) is 0 Å². The Morgan fingerprint density at radius 3 is 2.71 bits per heavy atom. The first-order valence-corrected chi connectivity index (χ1v) is 11.2. The Bertz CT molecular complexity index is 1330. The van der Waals surface area contributed by atoms with Gasteiger partial charge in [0.25, 0.3) is 5.91 Å². The minimum atomic E-state index is -3.48. The number of hydrogen-bond acceptors (Lipinski definition) is 5. The first kappa shape index (κ1) is 20.4. The quantitative estimate of drug-likeness (QED) is 0.413. The lowest BCUT2D eigenvalue weighted by atomic mass is 9.94. The molecule has 0 spiro atoms. The maximum atomic E-state index is 13.2. The van der Waals surface area contributed by atoms with Gasteiger partial charge in [0.15, 0.2) is 0 Å². The van der Waals surface area contributed by atoms with Crippen LogP contribution in [0.3, 0.4) is 0 Å². The number of allylic oxidation sites excluding steroid dienone is 1. The van der Waals surface area contributed by atoms with E-state index in [9.17, 15) is 18.0 Å². The van der Waals surface area contributed by atoms with Crippen LogP contribution in [-0.4, -0.2) is 36.8 Å². The Hall–Kier alpha value is -3.86. The van der Waals surface area contributed by atoms with Crippen LogP contribution in [0.4, 0.5) is 16.2 Å². The molecule has 31 heavy (non-hydrogen) atoms. The van der Waals surface area contributed by atoms with Gasteiger partial charge in [-0.3, -0.25) is 14.6 Å². The summed E-state index contributed by atoms with van der Waals surface area (Å²) in [5.41, 5.74) is 3.00. The van der Waals surface area contributed by atoms with Gasteiger partial charge in [0, 0.05) is 22.5 Å². The van der Waals surface area contributed by atoms with E-state index in [4.69, 9.17) is 0 Å². The second kappa shape index (κ2) is 7.76. The van der Waals surface area contributed by atoms with Crippen molar-refractivity contribution in [3.63, 3.8) is 0 Å². The molecular formula is C20H20N6O4S. The standard InChI is InChI=1S/C20H20N6O4S/c1-11-17(19(27)23-14-6-7-16-13(9-14)10-21-25-16)18(24-20(28)22-11)12-4-3-5-15(8-12)26-31(2,29)30/h3-10,18,26H,1-2H3,(H,21,25)(H,23,27)(H2,22,24,28). The van der Waals surface area contributed by atoms with E-state index in [2.05, 4.69) is 30.9 Å². The molecule has 4 rings (SSSR count). The molecule has 1 atom stereocenters. The third kappa shape index (κ3) is 4.51. The average molecular weight is 440 g/mol. The number of fused-ring (bicyclic) bond motifs is 1. The highest BCUT2D eigenvalue weighted by molar-refractivity contribution is 7.92. The minimum absolute atomic E-state index is 0.309. The summed E-state index contributed by atoms with van der Waals surface area (Å²) in [6, 6.07) is 10.6. The molecule has 3 amide bonds. The Balaban J connectivity index is 1.66. The van der Waals surface area contributed by atoms with Gasteiger partial charge in [-0.25, -0.2) is 13.2 Å². The van der Waals surface area contributed by atoms with Gasteiger partial charge in [-0.1, -0.05) is 12.1 Å². The van der Waals surface area contributed by atoms with Crippen LogP contribution in [0.15, 0.2) is 59.9 Å². The van der Waals surface area contributed by atoms with E-state index in [1.165, 1.54) is 0 Å². The molecule has 10 nitrogen and oxygen atoms in total. The molecule has 0 bridgehead atoms. The molecule has 11 heteroatoms. The third-order valence-electron chi connectivity index (χ3n) is 4.74. The molecule has 1 aromatic heterocycles. The Morgan fingerprint density at radius 1 is 1.13 bits per heavy atom. The lowest BCUT2D eigenvalue weighted by Gasteiger charge is -2.29. The zero-order valence-corrected chi connectivity index (χ0v) is 17.5. The number of amides is 3. The van der Waals surface area contributed by atoms with Crippen LogP contribution in [0.25, 0.3) is 10.9 Å². The summed E-state index contributed by atoms with van der Waals surface area (Å²) in [5, 5.41) is 15.9. The number of carbonyl (C=O) groups is 2. The molecule has 0 radical (unpaired) electrons. The second-order valence-corrected chi connectivity index (χ2v) is 8.94. The highest BCUT2D eigenvalue weighted by Crippen LogP contribution is 2.29. The molecule has 0 saturated carbocycles. The van der Waals surface area contributed by atoms with Crippen LogP contribution in [0.1, 0.15) is 18.5 Å². The van der Waals surface area contributed by atoms with Gasteiger partial charge >= 0.3 is 6.03 Å². The molecule has 2 heterocycles. The van der Waals surface area contributed by atoms with E-state index in [-0.39, 0.29) is 0 Å². The molecule has 1 aliphatic rings. The van der Waals surface area contributed by atoms with Crippen LogP contribution in [0.2, 0.25) is 0 Å². The Morgan fingerprint density at radius 2 is 1.94 bits per heavy atom. The number of nitrogens with one attached hydrogen (secondary N) is 5. The van der Waals surface area contributed by atoms with Gasteiger partial charge in [-0.15, -0.1) is 0 Å². The number of hydrogen-bond donors (Lipinski definition) is 5. The van der Waals surface area contributed by atoms with Gasteiger partial charge < -0.3 is 16.0 Å². The fourth-order valence-electron chi connectivity index (χ4n) is 3.46. The summed E-state index contributed by atoms with van der Waals surface area (Å²) < 4.78 is 25.5. The smallest absolute Gasteiger partial charge is 0.319 e. The first-order chi connectivity index (χ1) is 14.7. The van der Waals surface area contributed by atoms with Gasteiger partial charge in [0.2, 0.25) is 10.0 Å². The summed E-state index contributed by atoms with van der Waals surface area (Å²) in [7, 11) is -3.48. The number of carbonyl (C=O) groups excluding carboxylic acids is 2. The Labute approximate surface area is 178 Å². The normalized spacial score (nSPS) is 16.6. The summed E-state index contributed by atoms with van der Waals surface area (Å²) in [6.45, 7) is 1.64. The number of H-pyrrole nitrogens is 1. The Kier molecular flexibility index (Phi) is 5.11. The fourth-order valence-corrected chi connectivity index (χ4v) is 4.01. The molecule has 2 aromatic carbocycles. The van der Waals surface area contributed by atoms with E-state index < -0.39 is 28.0 Å². The van der Waals surface area contributed by atoms with Crippen molar-refractivity contribution in [2.75, 3.05) is 16.3 Å². The number of aromatic nitrogens is 2. The van der Waals surface area contributed by atoms with Crippen molar-refractivity contribution in [2.45, 2.75) is 13.0 Å². The number of sulfonamides is 1. The number of benzene rings is 2. The minimum Gasteiger partial charge on any atom is -0.327 e. The van der Waals surface area contributed by atoms with Crippen molar-refractivity contribution in [3.05, 3.63) is 65.5 Å². The highest BCUT2D eigenvalue weighted by atomic mass is 32.2. The highest BCUT2D eigenvalue weighted by Gasteiger charge is 2.31. The summed E-state index contributed by atoms with van der Waals surface area (Å²) in [5.74, 6) is -0.403. The van der Waals surface area contributed by atoms with Gasteiger partial charge in [0.05, 0.1) is 29.6 Å². The van der Waals surface area contributed by atoms with E-state index in [0.717, 1.165) is 17.2 Å².